The van der Waals surface area contributed by atoms with Gasteiger partial charge in [-0.2, -0.15) is 0 Å². The molecule has 0 spiro atoms. The van der Waals surface area contributed by atoms with Crippen molar-refractivity contribution < 1.29 is 23.1 Å². The fourth-order valence-electron chi connectivity index (χ4n) is 3.09. The Morgan fingerprint density at radius 2 is 1.96 bits per heavy atom. The van der Waals surface area contributed by atoms with Crippen molar-refractivity contribution in [3.63, 3.8) is 0 Å². The average Bonchev–Trinajstić information content (AvgIpc) is 3.12. The zero-order valence-corrected chi connectivity index (χ0v) is 16.2. The molecule has 1 aliphatic rings. The lowest BCUT2D eigenvalue weighted by Gasteiger charge is -2.27. The third-order valence-corrected chi connectivity index (χ3v) is 4.87. The van der Waals surface area contributed by atoms with Gasteiger partial charge in [-0.3, -0.25) is 14.6 Å². The molecule has 1 aliphatic carbocycles. The molecule has 1 aromatic carbocycles. The minimum atomic E-state index is -1.06. The minimum Gasteiger partial charge on any atom is -0.469 e. The number of hydrogen-bond acceptors (Lipinski definition) is 4. The van der Waals surface area contributed by atoms with Gasteiger partial charge in [0.25, 0.3) is 0 Å². The molecule has 0 saturated heterocycles. The summed E-state index contributed by atoms with van der Waals surface area (Å²) in [5, 5.41) is 2.88. The number of nitrogens with one attached hydrogen (secondary N) is 1. The summed E-state index contributed by atoms with van der Waals surface area (Å²) in [5.74, 6) is -2.50. The van der Waals surface area contributed by atoms with Gasteiger partial charge in [-0.05, 0) is 25.5 Å². The number of rotatable bonds is 7. The number of nitrogens with zero attached hydrogens (tertiary/aromatic N) is 1. The lowest BCUT2D eigenvalue weighted by atomic mass is 9.82. The van der Waals surface area contributed by atoms with E-state index >= 15 is 0 Å². The van der Waals surface area contributed by atoms with Gasteiger partial charge in [-0.15, -0.1) is 6.58 Å². The molecular weight excluding hydrogens is 366 g/mol. The topological polar surface area (TPSA) is 67.8 Å². The second-order valence-corrected chi connectivity index (χ2v) is 6.96. The molecule has 1 amide bonds. The van der Waals surface area contributed by atoms with Gasteiger partial charge in [-0.25, -0.2) is 8.78 Å². The maximum absolute atomic E-state index is 13.6. The highest BCUT2D eigenvalue weighted by Crippen LogP contribution is 2.28. The number of benzene rings is 1. The summed E-state index contributed by atoms with van der Waals surface area (Å²) in [4.78, 5) is 28.6. The van der Waals surface area contributed by atoms with Crippen LogP contribution in [-0.2, 0) is 14.3 Å². The van der Waals surface area contributed by atoms with Crippen LogP contribution < -0.4 is 5.32 Å². The van der Waals surface area contributed by atoms with Crippen molar-refractivity contribution in [2.45, 2.75) is 25.8 Å². The number of amides is 1. The smallest absolute Gasteiger partial charge is 0.312 e. The molecule has 0 saturated carbocycles. The molecule has 1 aromatic rings. The maximum Gasteiger partial charge on any atom is 0.312 e. The first-order valence-corrected chi connectivity index (χ1v) is 8.85. The molecule has 0 fully saturated rings. The van der Waals surface area contributed by atoms with E-state index in [1.165, 1.54) is 32.4 Å². The van der Waals surface area contributed by atoms with Gasteiger partial charge in [0.2, 0.25) is 5.91 Å². The van der Waals surface area contributed by atoms with E-state index in [9.17, 15) is 18.4 Å². The lowest BCUT2D eigenvalue weighted by molar-refractivity contribution is -0.144. The Kier molecular flexibility index (Phi) is 6.83. The number of esters is 1. The fraction of sp³-hybridized carbons (Fsp3) is 0.381. The number of methoxy groups -OCH3 is 1. The largest absolute Gasteiger partial charge is 0.469 e. The minimum absolute atomic E-state index is 0.110. The quantitative estimate of drug-likeness (QED) is 0.442. The number of aliphatic imine (C=N–C) groups is 1. The standard InChI is InChI=1S/C21H24F2N2O3/c1-5-21(2,12-18(24-3)14-8-15(22)11-16(23)9-14)20(27)25-17-7-6-13(10-17)19(26)28-4/h5-9,11,13,17H,1,10,12H2,2-4H3,(H,25,27)/t13?,17?,21-/m0/s1. The molecule has 0 radical (unpaired) electrons. The highest BCUT2D eigenvalue weighted by Gasteiger charge is 2.35. The van der Waals surface area contributed by atoms with Crippen LogP contribution in [-0.4, -0.2) is 37.8 Å². The summed E-state index contributed by atoms with van der Waals surface area (Å²) in [6, 6.07) is 2.81. The van der Waals surface area contributed by atoms with Crippen LogP contribution in [0.15, 0.2) is 48.0 Å². The first-order chi connectivity index (χ1) is 13.2. The van der Waals surface area contributed by atoms with Crippen molar-refractivity contribution in [3.05, 3.63) is 60.2 Å². The van der Waals surface area contributed by atoms with Crippen molar-refractivity contribution in [1.29, 1.82) is 0 Å². The maximum atomic E-state index is 13.6. The summed E-state index contributed by atoms with van der Waals surface area (Å²) < 4.78 is 31.8. The Morgan fingerprint density at radius 3 is 2.50 bits per heavy atom. The van der Waals surface area contributed by atoms with E-state index in [0.29, 0.717) is 12.1 Å². The predicted molar refractivity (Wildman–Crippen MR) is 103 cm³/mol. The molecule has 0 bridgehead atoms. The van der Waals surface area contributed by atoms with E-state index in [-0.39, 0.29) is 29.9 Å². The van der Waals surface area contributed by atoms with Crippen LogP contribution in [0.3, 0.4) is 0 Å². The van der Waals surface area contributed by atoms with Crippen LogP contribution in [0.4, 0.5) is 8.78 Å². The molecule has 2 rings (SSSR count). The normalized spacial score (nSPS) is 21.1. The third-order valence-electron chi connectivity index (χ3n) is 4.87. The second kappa shape index (κ2) is 8.91. The average molecular weight is 390 g/mol. The van der Waals surface area contributed by atoms with Crippen LogP contribution in [0.25, 0.3) is 0 Å². The first kappa shape index (κ1) is 21.5. The second-order valence-electron chi connectivity index (χ2n) is 6.96. The van der Waals surface area contributed by atoms with E-state index in [2.05, 4.69) is 16.9 Å². The van der Waals surface area contributed by atoms with E-state index < -0.39 is 23.0 Å². The summed E-state index contributed by atoms with van der Waals surface area (Å²) in [6.45, 7) is 5.42. The SMILES string of the molecule is C=C[C@@](C)(CC(=NC)c1cc(F)cc(F)c1)C(=O)NC1C=CC(C(=O)OC)C1. The Hall–Kier alpha value is -2.83. The number of carbonyl (C=O) groups excluding carboxylic acids is 2. The summed E-state index contributed by atoms with van der Waals surface area (Å²) >= 11 is 0. The number of halogens is 2. The molecule has 1 N–H and O–H groups in total. The van der Waals surface area contributed by atoms with Gasteiger partial charge in [0, 0.05) is 36.9 Å². The molecule has 150 valence electrons. The first-order valence-electron chi connectivity index (χ1n) is 8.85. The molecule has 0 aliphatic heterocycles. The molecule has 7 heteroatoms. The highest BCUT2D eigenvalue weighted by atomic mass is 19.1. The van der Waals surface area contributed by atoms with Crippen LogP contribution in [0, 0.1) is 23.0 Å². The molecule has 0 heterocycles. The summed E-state index contributed by atoms with van der Waals surface area (Å²) in [5.41, 5.74) is -0.410. The Balaban J connectivity index is 2.13. The molecular formula is C21H24F2N2O3. The van der Waals surface area contributed by atoms with Gasteiger partial charge in [0.1, 0.15) is 11.6 Å². The molecule has 3 atom stereocenters. The summed E-state index contributed by atoms with van der Waals surface area (Å²) in [7, 11) is 2.82. The molecule has 28 heavy (non-hydrogen) atoms. The lowest BCUT2D eigenvalue weighted by Crippen LogP contribution is -2.43. The van der Waals surface area contributed by atoms with E-state index in [4.69, 9.17) is 4.74 Å². The van der Waals surface area contributed by atoms with Crippen LogP contribution >= 0.6 is 0 Å². The number of hydrogen-bond donors (Lipinski definition) is 1. The van der Waals surface area contributed by atoms with Crippen molar-refractivity contribution in [1.82, 2.24) is 5.32 Å². The monoisotopic (exact) mass is 390 g/mol. The van der Waals surface area contributed by atoms with Crippen LogP contribution in [0.5, 0.6) is 0 Å². The fourth-order valence-corrected chi connectivity index (χ4v) is 3.09. The van der Waals surface area contributed by atoms with Gasteiger partial charge >= 0.3 is 5.97 Å². The Morgan fingerprint density at radius 1 is 1.32 bits per heavy atom. The number of ether oxygens (including phenoxy) is 1. The van der Waals surface area contributed by atoms with E-state index in [1.807, 2.05) is 0 Å². The number of carbonyl (C=O) groups is 2. The highest BCUT2D eigenvalue weighted by molar-refractivity contribution is 6.04. The zero-order valence-electron chi connectivity index (χ0n) is 16.2. The predicted octanol–water partition coefficient (Wildman–Crippen LogP) is 3.20. The van der Waals surface area contributed by atoms with Crippen molar-refractivity contribution in [3.8, 4) is 0 Å². The van der Waals surface area contributed by atoms with Crippen LogP contribution in [0.1, 0.15) is 25.3 Å². The van der Waals surface area contributed by atoms with Crippen molar-refractivity contribution in [2.75, 3.05) is 14.2 Å². The van der Waals surface area contributed by atoms with Crippen molar-refractivity contribution >= 4 is 17.6 Å². The van der Waals surface area contributed by atoms with E-state index in [0.717, 1.165) is 6.07 Å². The molecule has 5 nitrogen and oxygen atoms in total. The Labute approximate surface area is 163 Å². The molecule has 0 aromatic heterocycles. The van der Waals surface area contributed by atoms with Crippen LogP contribution in [0.2, 0.25) is 0 Å². The molecule has 2 unspecified atom stereocenters. The third kappa shape index (κ3) is 4.91. The van der Waals surface area contributed by atoms with Gasteiger partial charge < -0.3 is 10.1 Å². The van der Waals surface area contributed by atoms with E-state index in [1.54, 1.807) is 19.1 Å². The zero-order chi connectivity index (χ0) is 20.9. The van der Waals surface area contributed by atoms with Crippen molar-refractivity contribution in [2.24, 2.45) is 16.3 Å². The summed E-state index contributed by atoms with van der Waals surface area (Å²) in [6.07, 6.45) is 5.46. The van der Waals surface area contributed by atoms with Gasteiger partial charge in [0.15, 0.2) is 0 Å². The van der Waals surface area contributed by atoms with Gasteiger partial charge in [0.05, 0.1) is 18.4 Å². The Bertz CT molecular complexity index is 815. The van der Waals surface area contributed by atoms with Gasteiger partial charge in [-0.1, -0.05) is 18.2 Å².